The van der Waals surface area contributed by atoms with Crippen molar-refractivity contribution < 1.29 is 24.5 Å². The Morgan fingerprint density at radius 1 is 0.326 bits per heavy atom. The third kappa shape index (κ3) is 70.9. The van der Waals surface area contributed by atoms with E-state index in [1.165, 1.54) is 347 Å². The van der Waals surface area contributed by atoms with Crippen molar-refractivity contribution in [3.63, 3.8) is 0 Å². The molecule has 0 saturated carbocycles. The van der Waals surface area contributed by atoms with E-state index in [9.17, 15) is 19.8 Å². The third-order valence-corrected chi connectivity index (χ3v) is 18.1. The van der Waals surface area contributed by atoms with Gasteiger partial charge in [-0.25, -0.2) is 0 Å². The van der Waals surface area contributed by atoms with Gasteiger partial charge in [0.05, 0.1) is 25.4 Å². The Bertz CT molecular complexity index is 1440. The molecule has 1 amide bonds. The second kappa shape index (κ2) is 75.3. The number of hydrogen-bond donors (Lipinski definition) is 3. The normalized spacial score (nSPS) is 12.7. The van der Waals surface area contributed by atoms with E-state index < -0.39 is 12.1 Å². The van der Waals surface area contributed by atoms with Crippen LogP contribution >= 0.6 is 0 Å². The maximum Gasteiger partial charge on any atom is 0.305 e. The van der Waals surface area contributed by atoms with Crippen LogP contribution < -0.4 is 5.32 Å². The number of aliphatic hydroxyl groups is 2. The third-order valence-electron chi connectivity index (χ3n) is 18.1. The monoisotopic (exact) mass is 1210 g/mol. The number of rotatable bonds is 73. The number of carbonyl (C=O) groups excluding carboxylic acids is 2. The van der Waals surface area contributed by atoms with Gasteiger partial charge in [0.25, 0.3) is 0 Å². The molecule has 0 radical (unpaired) electrons. The van der Waals surface area contributed by atoms with Gasteiger partial charge in [-0.1, -0.05) is 371 Å². The van der Waals surface area contributed by atoms with E-state index in [0.29, 0.717) is 19.4 Å². The lowest BCUT2D eigenvalue weighted by Gasteiger charge is -2.20. The van der Waals surface area contributed by atoms with Crippen LogP contribution in [0.25, 0.3) is 0 Å². The molecule has 2 unspecified atom stereocenters. The lowest BCUT2D eigenvalue weighted by atomic mass is 10.0. The van der Waals surface area contributed by atoms with Crippen molar-refractivity contribution in [2.45, 2.75) is 437 Å². The van der Waals surface area contributed by atoms with Crippen molar-refractivity contribution in [1.82, 2.24) is 5.32 Å². The molecule has 0 saturated heterocycles. The Labute approximate surface area is 537 Å². The van der Waals surface area contributed by atoms with Gasteiger partial charge in [-0.05, 0) is 89.9 Å². The SMILES string of the molecule is CCCCCCCC/C=C\CCCCCCCC(=O)OCCCCCCCCCCCCC/C=C\C/C=C\CCCCCCCCCCCCCCCCCCCC(=O)NC(CO)C(O)/C=C/CCCCCCCCCCCCCCCCCCC. The minimum absolute atomic E-state index is 0.00899. The minimum Gasteiger partial charge on any atom is -0.466 e. The summed E-state index contributed by atoms with van der Waals surface area (Å²) in [6, 6.07) is -0.627. The van der Waals surface area contributed by atoms with Crippen LogP contribution in [0.3, 0.4) is 0 Å². The van der Waals surface area contributed by atoms with Crippen molar-refractivity contribution >= 4 is 11.9 Å². The van der Waals surface area contributed by atoms with Crippen LogP contribution in [-0.2, 0) is 14.3 Å². The maximum atomic E-state index is 12.5. The van der Waals surface area contributed by atoms with Crippen molar-refractivity contribution in [2.75, 3.05) is 13.2 Å². The number of allylic oxidation sites excluding steroid dienone is 7. The Morgan fingerprint density at radius 2 is 0.581 bits per heavy atom. The van der Waals surface area contributed by atoms with Crippen molar-refractivity contribution in [1.29, 1.82) is 0 Å². The summed E-state index contributed by atoms with van der Waals surface area (Å²) < 4.78 is 5.49. The van der Waals surface area contributed by atoms with Gasteiger partial charge < -0.3 is 20.3 Å². The highest BCUT2D eigenvalue weighted by molar-refractivity contribution is 5.76. The molecule has 0 bridgehead atoms. The fourth-order valence-electron chi connectivity index (χ4n) is 12.1. The standard InChI is InChI=1S/C80H151NO5/c1-3-5-7-9-11-13-15-17-19-20-38-41-45-48-52-56-60-64-68-72-78(83)77(76-82)81-79(84)73-69-65-61-57-53-49-46-42-39-36-34-32-30-28-26-24-22-21-23-25-27-29-31-33-35-37-40-43-47-51-55-59-63-67-71-75-86-80(85)74-70-66-62-58-54-50-44-18-16-14-12-10-8-6-4-2/h18,23,25,29,31,44,68,72,77-78,82-83H,3-17,19-22,24,26-28,30,32-43,45-67,69-71,73-76H2,1-2H3,(H,81,84)/b25-23-,31-29-,44-18-,72-68+. The highest BCUT2D eigenvalue weighted by atomic mass is 16.5. The van der Waals surface area contributed by atoms with Gasteiger partial charge in [0, 0.05) is 12.8 Å². The summed E-state index contributed by atoms with van der Waals surface area (Å²) in [6.45, 7) is 4.93. The molecule has 0 aliphatic rings. The first-order valence-corrected chi connectivity index (χ1v) is 38.9. The summed E-state index contributed by atoms with van der Waals surface area (Å²) in [5.74, 6) is -0.0531. The highest BCUT2D eigenvalue weighted by Crippen LogP contribution is 2.19. The number of esters is 1. The fraction of sp³-hybridized carbons (Fsp3) is 0.875. The summed E-state index contributed by atoms with van der Waals surface area (Å²) in [5.41, 5.74) is 0. The van der Waals surface area contributed by atoms with Crippen molar-refractivity contribution in [3.05, 3.63) is 48.6 Å². The predicted molar refractivity (Wildman–Crippen MR) is 379 cm³/mol. The lowest BCUT2D eigenvalue weighted by Crippen LogP contribution is -2.45. The Morgan fingerprint density at radius 3 is 0.895 bits per heavy atom. The number of aliphatic hydroxyl groups excluding tert-OH is 2. The van der Waals surface area contributed by atoms with Gasteiger partial charge in [0.1, 0.15) is 0 Å². The Kier molecular flexibility index (Phi) is 73.4. The zero-order valence-electron chi connectivity index (χ0n) is 58.1. The quantitative estimate of drug-likeness (QED) is 0.0320. The van der Waals surface area contributed by atoms with Crippen LogP contribution in [0.15, 0.2) is 48.6 Å². The van der Waals surface area contributed by atoms with Gasteiger partial charge in [-0.2, -0.15) is 0 Å². The van der Waals surface area contributed by atoms with Crippen LogP contribution in [0, 0.1) is 0 Å². The van der Waals surface area contributed by atoms with E-state index >= 15 is 0 Å². The molecular formula is C80H151NO5. The first kappa shape index (κ1) is 83.8. The average molecular weight is 1210 g/mol. The van der Waals surface area contributed by atoms with Gasteiger partial charge in [0.15, 0.2) is 0 Å². The molecule has 3 N–H and O–H groups in total. The smallest absolute Gasteiger partial charge is 0.305 e. The zero-order chi connectivity index (χ0) is 62.0. The fourth-order valence-corrected chi connectivity index (χ4v) is 12.1. The summed E-state index contributed by atoms with van der Waals surface area (Å²) in [6.07, 6.45) is 99.4. The van der Waals surface area contributed by atoms with E-state index in [1.54, 1.807) is 6.08 Å². The van der Waals surface area contributed by atoms with Crippen LogP contribution in [0.1, 0.15) is 425 Å². The molecule has 0 heterocycles. The number of ether oxygens (including phenoxy) is 1. The molecule has 0 spiro atoms. The molecule has 0 aromatic carbocycles. The van der Waals surface area contributed by atoms with Crippen molar-refractivity contribution in [3.8, 4) is 0 Å². The van der Waals surface area contributed by atoms with Crippen molar-refractivity contribution in [2.24, 2.45) is 0 Å². The summed E-state index contributed by atoms with van der Waals surface area (Å²) in [7, 11) is 0. The topological polar surface area (TPSA) is 95.9 Å². The number of amides is 1. The largest absolute Gasteiger partial charge is 0.466 e. The van der Waals surface area contributed by atoms with Gasteiger partial charge in [-0.3, -0.25) is 9.59 Å². The van der Waals surface area contributed by atoms with E-state index in [0.717, 1.165) is 51.4 Å². The zero-order valence-corrected chi connectivity index (χ0v) is 58.1. The first-order valence-electron chi connectivity index (χ1n) is 38.9. The molecule has 0 aliphatic heterocycles. The minimum atomic E-state index is -0.844. The molecule has 0 aromatic rings. The summed E-state index contributed by atoms with van der Waals surface area (Å²) in [5, 5.41) is 23.3. The van der Waals surface area contributed by atoms with Crippen LogP contribution in [0.4, 0.5) is 0 Å². The molecule has 0 aliphatic carbocycles. The molecule has 0 rings (SSSR count). The molecule has 2 atom stereocenters. The Balaban J connectivity index is 3.39. The second-order valence-corrected chi connectivity index (χ2v) is 26.7. The van der Waals surface area contributed by atoms with Crippen LogP contribution in [-0.4, -0.2) is 47.4 Å². The van der Waals surface area contributed by atoms with Gasteiger partial charge >= 0.3 is 5.97 Å². The molecular weight excluding hydrogens is 1050 g/mol. The number of unbranched alkanes of at least 4 members (excludes halogenated alkanes) is 56. The van der Waals surface area contributed by atoms with E-state index in [4.69, 9.17) is 4.74 Å². The first-order chi connectivity index (χ1) is 42.5. The Hall–Kier alpha value is -2.18. The maximum absolute atomic E-state index is 12.5. The number of carbonyl (C=O) groups is 2. The van der Waals surface area contributed by atoms with Gasteiger partial charge in [0.2, 0.25) is 5.91 Å². The van der Waals surface area contributed by atoms with Gasteiger partial charge in [-0.15, -0.1) is 0 Å². The molecule has 6 nitrogen and oxygen atoms in total. The number of hydrogen-bond acceptors (Lipinski definition) is 5. The van der Waals surface area contributed by atoms with E-state index in [1.807, 2.05) is 6.08 Å². The van der Waals surface area contributed by atoms with Crippen LogP contribution in [0.2, 0.25) is 0 Å². The molecule has 6 heteroatoms. The van der Waals surface area contributed by atoms with E-state index in [2.05, 4.69) is 55.6 Å². The average Bonchev–Trinajstić information content (AvgIpc) is 3.55. The highest BCUT2D eigenvalue weighted by Gasteiger charge is 2.18. The molecule has 0 fully saturated rings. The van der Waals surface area contributed by atoms with Crippen LogP contribution in [0.5, 0.6) is 0 Å². The number of nitrogens with one attached hydrogen (secondary N) is 1. The summed E-state index contributed by atoms with van der Waals surface area (Å²) in [4.78, 5) is 24.6. The predicted octanol–water partition coefficient (Wildman–Crippen LogP) is 25.6. The molecule has 0 aromatic heterocycles. The summed E-state index contributed by atoms with van der Waals surface area (Å²) >= 11 is 0. The lowest BCUT2D eigenvalue weighted by molar-refractivity contribution is -0.143. The van der Waals surface area contributed by atoms with E-state index in [-0.39, 0.29) is 18.5 Å². The molecule has 506 valence electrons. The molecule has 86 heavy (non-hydrogen) atoms. The second-order valence-electron chi connectivity index (χ2n) is 26.7.